The molecule has 1 fully saturated rings. The lowest BCUT2D eigenvalue weighted by Gasteiger charge is -2.24. The smallest absolute Gasteiger partial charge is 0.0575 e. The number of hydrogen-bond donors (Lipinski definition) is 1. The molecule has 2 atom stereocenters. The van der Waals surface area contributed by atoms with Gasteiger partial charge in [-0.05, 0) is 61.5 Å². The summed E-state index contributed by atoms with van der Waals surface area (Å²) in [7, 11) is 2.05. The number of ether oxygens (including phenoxy) is 1. The highest BCUT2D eigenvalue weighted by molar-refractivity contribution is 7.07. The molecule has 2 unspecified atom stereocenters. The lowest BCUT2D eigenvalue weighted by Crippen LogP contribution is -2.22. The second-order valence-electron chi connectivity index (χ2n) is 4.46. The van der Waals surface area contributed by atoms with E-state index in [1.807, 2.05) is 7.05 Å². The highest BCUT2D eigenvalue weighted by Gasteiger charge is 2.16. The molecule has 90 valence electrons. The molecular formula is C13H21NOS. The zero-order chi connectivity index (χ0) is 11.2. The standard InChI is InChI=1S/C13H21NOS/c1-14-13(11-7-9-16-10-11)6-5-12-4-2-3-8-15-12/h7,9-10,12-14H,2-6,8H2,1H3. The van der Waals surface area contributed by atoms with E-state index in [2.05, 4.69) is 22.1 Å². The van der Waals surface area contributed by atoms with E-state index in [-0.39, 0.29) is 0 Å². The van der Waals surface area contributed by atoms with Gasteiger partial charge in [-0.2, -0.15) is 11.3 Å². The van der Waals surface area contributed by atoms with Gasteiger partial charge < -0.3 is 10.1 Å². The third-order valence-corrected chi connectivity index (χ3v) is 4.05. The topological polar surface area (TPSA) is 21.3 Å². The molecule has 2 nitrogen and oxygen atoms in total. The maximum Gasteiger partial charge on any atom is 0.0575 e. The highest BCUT2D eigenvalue weighted by Crippen LogP contribution is 2.24. The quantitative estimate of drug-likeness (QED) is 0.850. The van der Waals surface area contributed by atoms with Crippen molar-refractivity contribution in [3.8, 4) is 0 Å². The summed E-state index contributed by atoms with van der Waals surface area (Å²) in [5, 5.41) is 7.78. The molecule has 0 bridgehead atoms. The Hall–Kier alpha value is -0.380. The number of thiophene rings is 1. The van der Waals surface area contributed by atoms with Crippen LogP contribution in [0.3, 0.4) is 0 Å². The Morgan fingerprint density at radius 2 is 2.50 bits per heavy atom. The van der Waals surface area contributed by atoms with Crippen LogP contribution in [0, 0.1) is 0 Å². The van der Waals surface area contributed by atoms with Crippen LogP contribution in [0.15, 0.2) is 16.8 Å². The first-order valence-corrected chi connectivity index (χ1v) is 7.15. The summed E-state index contributed by atoms with van der Waals surface area (Å²) < 4.78 is 5.77. The predicted molar refractivity (Wildman–Crippen MR) is 68.9 cm³/mol. The summed E-state index contributed by atoms with van der Waals surface area (Å²) in [5.41, 5.74) is 1.42. The van der Waals surface area contributed by atoms with Crippen LogP contribution in [-0.2, 0) is 4.74 Å². The average Bonchev–Trinajstić information content (AvgIpc) is 2.85. The zero-order valence-corrected chi connectivity index (χ0v) is 10.8. The van der Waals surface area contributed by atoms with Gasteiger partial charge >= 0.3 is 0 Å². The highest BCUT2D eigenvalue weighted by atomic mass is 32.1. The largest absolute Gasteiger partial charge is 0.378 e. The fourth-order valence-corrected chi connectivity index (χ4v) is 3.05. The van der Waals surface area contributed by atoms with Crippen LogP contribution in [0.2, 0.25) is 0 Å². The van der Waals surface area contributed by atoms with Crippen molar-refractivity contribution < 1.29 is 4.74 Å². The summed E-state index contributed by atoms with van der Waals surface area (Å²) in [6.07, 6.45) is 6.70. The molecule has 1 aliphatic heterocycles. The molecule has 16 heavy (non-hydrogen) atoms. The maximum atomic E-state index is 5.77. The maximum absolute atomic E-state index is 5.77. The minimum absolute atomic E-state index is 0.497. The van der Waals surface area contributed by atoms with Crippen LogP contribution >= 0.6 is 11.3 Å². The van der Waals surface area contributed by atoms with Crippen molar-refractivity contribution in [1.29, 1.82) is 0 Å². The molecule has 0 aromatic carbocycles. The first-order chi connectivity index (χ1) is 7.90. The second kappa shape index (κ2) is 6.38. The molecule has 1 aromatic rings. The van der Waals surface area contributed by atoms with Gasteiger partial charge in [0.05, 0.1) is 6.10 Å². The molecule has 0 amide bonds. The molecule has 1 aromatic heterocycles. The molecule has 1 N–H and O–H groups in total. The monoisotopic (exact) mass is 239 g/mol. The molecule has 0 saturated carbocycles. The van der Waals surface area contributed by atoms with Gasteiger partial charge in [0.1, 0.15) is 0 Å². The Balaban J connectivity index is 1.78. The van der Waals surface area contributed by atoms with Crippen LogP contribution in [0.5, 0.6) is 0 Å². The molecule has 0 radical (unpaired) electrons. The van der Waals surface area contributed by atoms with Crippen LogP contribution < -0.4 is 5.32 Å². The van der Waals surface area contributed by atoms with Crippen molar-refractivity contribution in [2.75, 3.05) is 13.7 Å². The van der Waals surface area contributed by atoms with Gasteiger partial charge in [0.15, 0.2) is 0 Å². The van der Waals surface area contributed by atoms with Gasteiger partial charge in [-0.3, -0.25) is 0 Å². The van der Waals surface area contributed by atoms with E-state index in [0.29, 0.717) is 12.1 Å². The third-order valence-electron chi connectivity index (χ3n) is 3.35. The molecule has 2 rings (SSSR count). The Morgan fingerprint density at radius 1 is 1.56 bits per heavy atom. The van der Waals surface area contributed by atoms with E-state index in [9.17, 15) is 0 Å². The first-order valence-electron chi connectivity index (χ1n) is 6.21. The molecule has 0 aliphatic carbocycles. The minimum atomic E-state index is 0.497. The van der Waals surface area contributed by atoms with Gasteiger partial charge in [0.2, 0.25) is 0 Å². The van der Waals surface area contributed by atoms with Crippen molar-refractivity contribution in [3.63, 3.8) is 0 Å². The van der Waals surface area contributed by atoms with E-state index in [1.165, 1.54) is 37.7 Å². The summed E-state index contributed by atoms with van der Waals surface area (Å²) in [4.78, 5) is 0. The minimum Gasteiger partial charge on any atom is -0.378 e. The Bertz CT molecular complexity index is 280. The van der Waals surface area contributed by atoms with Crippen molar-refractivity contribution in [2.45, 2.75) is 44.2 Å². The molecule has 1 saturated heterocycles. The number of nitrogens with one attached hydrogen (secondary N) is 1. The molecular weight excluding hydrogens is 218 g/mol. The van der Waals surface area contributed by atoms with Gasteiger partial charge in [-0.25, -0.2) is 0 Å². The van der Waals surface area contributed by atoms with E-state index < -0.39 is 0 Å². The first kappa shape index (κ1) is 12.1. The molecule has 1 aliphatic rings. The van der Waals surface area contributed by atoms with Crippen LogP contribution in [0.1, 0.15) is 43.7 Å². The van der Waals surface area contributed by atoms with Crippen molar-refractivity contribution >= 4 is 11.3 Å². The number of hydrogen-bond acceptors (Lipinski definition) is 3. The summed E-state index contributed by atoms with van der Waals surface area (Å²) >= 11 is 1.77. The van der Waals surface area contributed by atoms with Gasteiger partial charge in [-0.1, -0.05) is 0 Å². The fraction of sp³-hybridized carbons (Fsp3) is 0.692. The van der Waals surface area contributed by atoms with Crippen LogP contribution in [0.4, 0.5) is 0 Å². The summed E-state index contributed by atoms with van der Waals surface area (Å²) in [6.45, 7) is 0.966. The fourth-order valence-electron chi connectivity index (χ4n) is 2.34. The lowest BCUT2D eigenvalue weighted by molar-refractivity contribution is 0.00867. The SMILES string of the molecule is CNC(CCC1CCCCO1)c1ccsc1. The normalized spacial score (nSPS) is 23.2. The molecule has 3 heteroatoms. The van der Waals surface area contributed by atoms with Crippen molar-refractivity contribution in [3.05, 3.63) is 22.4 Å². The summed E-state index contributed by atoms with van der Waals surface area (Å²) in [6, 6.07) is 2.71. The Labute approximate surface area is 102 Å². The lowest BCUT2D eigenvalue weighted by atomic mass is 9.99. The Kier molecular flexibility index (Phi) is 4.82. The zero-order valence-electron chi connectivity index (χ0n) is 9.95. The van der Waals surface area contributed by atoms with Gasteiger partial charge in [0.25, 0.3) is 0 Å². The summed E-state index contributed by atoms with van der Waals surface area (Å²) in [5.74, 6) is 0. The predicted octanol–water partition coefficient (Wildman–Crippen LogP) is 3.36. The van der Waals surface area contributed by atoms with Crippen LogP contribution in [-0.4, -0.2) is 19.8 Å². The van der Waals surface area contributed by atoms with Gasteiger partial charge in [0, 0.05) is 12.6 Å². The van der Waals surface area contributed by atoms with Crippen molar-refractivity contribution in [2.24, 2.45) is 0 Å². The van der Waals surface area contributed by atoms with E-state index in [4.69, 9.17) is 4.74 Å². The van der Waals surface area contributed by atoms with E-state index in [0.717, 1.165) is 6.61 Å². The number of rotatable bonds is 5. The average molecular weight is 239 g/mol. The van der Waals surface area contributed by atoms with E-state index in [1.54, 1.807) is 11.3 Å². The van der Waals surface area contributed by atoms with E-state index >= 15 is 0 Å². The van der Waals surface area contributed by atoms with Gasteiger partial charge in [-0.15, -0.1) is 0 Å². The van der Waals surface area contributed by atoms with Crippen LogP contribution in [0.25, 0.3) is 0 Å². The van der Waals surface area contributed by atoms with Crippen molar-refractivity contribution in [1.82, 2.24) is 5.32 Å². The molecule has 2 heterocycles. The third kappa shape index (κ3) is 3.30. The molecule has 0 spiro atoms. The Morgan fingerprint density at radius 3 is 3.12 bits per heavy atom. The second-order valence-corrected chi connectivity index (χ2v) is 5.24.